The van der Waals surface area contributed by atoms with Crippen LogP contribution < -0.4 is 11.3 Å². The molecule has 4 nitrogen and oxygen atoms in total. The standard InChI is InChI=1S/C13H23N3O/c1-10-6-5-7-11(15-10)12(16-14)8-9-13(2,3)17-4/h5-7,12,16H,8-9,14H2,1-4H3. The summed E-state index contributed by atoms with van der Waals surface area (Å²) in [5, 5.41) is 0. The first kappa shape index (κ1) is 14.1. The van der Waals surface area contributed by atoms with E-state index in [1.807, 2.05) is 25.1 Å². The van der Waals surface area contributed by atoms with Crippen LogP contribution in [0.2, 0.25) is 0 Å². The van der Waals surface area contributed by atoms with Crippen molar-refractivity contribution in [2.45, 2.75) is 45.3 Å². The van der Waals surface area contributed by atoms with Crippen molar-refractivity contribution in [3.05, 3.63) is 29.6 Å². The summed E-state index contributed by atoms with van der Waals surface area (Å²) < 4.78 is 5.40. The number of nitrogens with one attached hydrogen (secondary N) is 1. The van der Waals surface area contributed by atoms with E-state index in [0.717, 1.165) is 24.2 Å². The minimum absolute atomic E-state index is 0.0734. The van der Waals surface area contributed by atoms with Crippen molar-refractivity contribution in [1.82, 2.24) is 10.4 Å². The molecule has 17 heavy (non-hydrogen) atoms. The lowest BCUT2D eigenvalue weighted by atomic mass is 9.97. The van der Waals surface area contributed by atoms with E-state index in [4.69, 9.17) is 10.6 Å². The lowest BCUT2D eigenvalue weighted by molar-refractivity contribution is 0.0116. The molecule has 0 aliphatic carbocycles. The molecule has 1 aromatic rings. The van der Waals surface area contributed by atoms with E-state index in [1.165, 1.54) is 0 Å². The molecule has 0 aromatic carbocycles. The predicted octanol–water partition coefficient (Wildman–Crippen LogP) is 2.10. The molecule has 1 rings (SSSR count). The van der Waals surface area contributed by atoms with Crippen molar-refractivity contribution < 1.29 is 4.74 Å². The second-order valence-electron chi connectivity index (χ2n) is 4.93. The summed E-state index contributed by atoms with van der Waals surface area (Å²) in [5.74, 6) is 5.59. The normalized spacial score (nSPS) is 13.7. The summed E-state index contributed by atoms with van der Waals surface area (Å²) in [5.41, 5.74) is 4.69. The summed E-state index contributed by atoms with van der Waals surface area (Å²) in [6.45, 7) is 6.13. The van der Waals surface area contributed by atoms with Crippen LogP contribution >= 0.6 is 0 Å². The molecule has 0 amide bonds. The van der Waals surface area contributed by atoms with Gasteiger partial charge < -0.3 is 4.74 Å². The Kier molecular flexibility index (Phi) is 5.05. The topological polar surface area (TPSA) is 60.2 Å². The lowest BCUT2D eigenvalue weighted by Gasteiger charge is -2.25. The van der Waals surface area contributed by atoms with E-state index in [0.29, 0.717) is 0 Å². The highest BCUT2D eigenvalue weighted by Gasteiger charge is 2.20. The van der Waals surface area contributed by atoms with E-state index in [-0.39, 0.29) is 11.6 Å². The molecule has 0 spiro atoms. The highest BCUT2D eigenvalue weighted by atomic mass is 16.5. The van der Waals surface area contributed by atoms with Crippen molar-refractivity contribution in [2.24, 2.45) is 5.84 Å². The van der Waals surface area contributed by atoms with Crippen molar-refractivity contribution >= 4 is 0 Å². The third-order valence-corrected chi connectivity index (χ3v) is 3.06. The summed E-state index contributed by atoms with van der Waals surface area (Å²) >= 11 is 0. The fraction of sp³-hybridized carbons (Fsp3) is 0.615. The molecule has 0 saturated carbocycles. The second-order valence-corrected chi connectivity index (χ2v) is 4.93. The largest absolute Gasteiger partial charge is 0.379 e. The summed E-state index contributed by atoms with van der Waals surface area (Å²) in [6.07, 6.45) is 1.82. The van der Waals surface area contributed by atoms with E-state index in [2.05, 4.69) is 24.3 Å². The zero-order valence-electron chi connectivity index (χ0n) is 11.2. The van der Waals surface area contributed by atoms with Gasteiger partial charge in [-0.2, -0.15) is 0 Å². The zero-order valence-corrected chi connectivity index (χ0v) is 11.2. The average molecular weight is 237 g/mol. The van der Waals surface area contributed by atoms with E-state index < -0.39 is 0 Å². The monoisotopic (exact) mass is 237 g/mol. The zero-order chi connectivity index (χ0) is 12.9. The molecule has 0 aliphatic heterocycles. The van der Waals surface area contributed by atoms with Crippen molar-refractivity contribution in [2.75, 3.05) is 7.11 Å². The van der Waals surface area contributed by atoms with E-state index in [1.54, 1.807) is 7.11 Å². The number of rotatable bonds is 6. The maximum Gasteiger partial charge on any atom is 0.0633 e. The molecule has 1 heterocycles. The number of pyridine rings is 1. The molecular weight excluding hydrogens is 214 g/mol. The number of hydrogen-bond donors (Lipinski definition) is 2. The smallest absolute Gasteiger partial charge is 0.0633 e. The van der Waals surface area contributed by atoms with Gasteiger partial charge in [-0.3, -0.25) is 16.3 Å². The molecule has 96 valence electrons. The number of nitrogens with two attached hydrogens (primary N) is 1. The van der Waals surface area contributed by atoms with Crippen molar-refractivity contribution in [3.8, 4) is 0 Å². The van der Waals surface area contributed by atoms with Crippen LogP contribution in [0.1, 0.15) is 44.1 Å². The van der Waals surface area contributed by atoms with Crippen LogP contribution in [0.5, 0.6) is 0 Å². The predicted molar refractivity (Wildman–Crippen MR) is 69.4 cm³/mol. The number of hydrogen-bond acceptors (Lipinski definition) is 4. The van der Waals surface area contributed by atoms with Crippen LogP contribution in [0, 0.1) is 6.92 Å². The highest BCUT2D eigenvalue weighted by molar-refractivity contribution is 5.13. The Morgan fingerprint density at radius 3 is 2.71 bits per heavy atom. The molecule has 0 bridgehead atoms. The van der Waals surface area contributed by atoms with Crippen LogP contribution in [0.15, 0.2) is 18.2 Å². The van der Waals surface area contributed by atoms with Gasteiger partial charge in [0.05, 0.1) is 17.3 Å². The molecule has 1 atom stereocenters. The number of nitrogens with zero attached hydrogens (tertiary/aromatic N) is 1. The van der Waals surface area contributed by atoms with E-state index >= 15 is 0 Å². The SMILES string of the molecule is COC(C)(C)CCC(NN)c1cccc(C)n1. The quantitative estimate of drug-likeness (QED) is 0.587. The van der Waals surface area contributed by atoms with Crippen LogP contribution in [-0.2, 0) is 4.74 Å². The van der Waals surface area contributed by atoms with Gasteiger partial charge in [-0.1, -0.05) is 6.07 Å². The van der Waals surface area contributed by atoms with Crippen LogP contribution in [0.3, 0.4) is 0 Å². The maximum atomic E-state index is 5.59. The summed E-state index contributed by atoms with van der Waals surface area (Å²) in [4.78, 5) is 4.49. The van der Waals surface area contributed by atoms with Gasteiger partial charge in [0, 0.05) is 12.8 Å². The molecule has 0 aliphatic rings. The molecule has 1 unspecified atom stereocenters. The van der Waals surface area contributed by atoms with Gasteiger partial charge in [-0.05, 0) is 45.7 Å². The third kappa shape index (κ3) is 4.42. The Bertz CT molecular complexity index is 352. The number of hydrazine groups is 1. The molecule has 4 heteroatoms. The minimum Gasteiger partial charge on any atom is -0.379 e. The fourth-order valence-electron chi connectivity index (χ4n) is 1.67. The van der Waals surface area contributed by atoms with Gasteiger partial charge in [0.15, 0.2) is 0 Å². The van der Waals surface area contributed by atoms with Crippen LogP contribution in [0.25, 0.3) is 0 Å². The van der Waals surface area contributed by atoms with Gasteiger partial charge in [0.25, 0.3) is 0 Å². The van der Waals surface area contributed by atoms with Crippen molar-refractivity contribution in [3.63, 3.8) is 0 Å². The number of methoxy groups -OCH3 is 1. The fourth-order valence-corrected chi connectivity index (χ4v) is 1.67. The Hall–Kier alpha value is -0.970. The van der Waals surface area contributed by atoms with Gasteiger partial charge in [-0.15, -0.1) is 0 Å². The Labute approximate surface area is 104 Å². The molecule has 0 saturated heterocycles. The van der Waals surface area contributed by atoms with Gasteiger partial charge in [-0.25, -0.2) is 0 Å². The second kappa shape index (κ2) is 6.10. The summed E-state index contributed by atoms with van der Waals surface area (Å²) in [6, 6.07) is 6.06. The molecule has 0 fully saturated rings. The first-order valence-corrected chi connectivity index (χ1v) is 5.93. The Balaban J connectivity index is 2.66. The van der Waals surface area contributed by atoms with Gasteiger partial charge in [0.1, 0.15) is 0 Å². The number of ether oxygens (including phenoxy) is 1. The lowest BCUT2D eigenvalue weighted by Crippen LogP contribution is -2.31. The van der Waals surface area contributed by atoms with E-state index in [9.17, 15) is 0 Å². The molecule has 0 radical (unpaired) electrons. The third-order valence-electron chi connectivity index (χ3n) is 3.06. The molecule has 1 aromatic heterocycles. The van der Waals surface area contributed by atoms with Crippen molar-refractivity contribution in [1.29, 1.82) is 0 Å². The highest BCUT2D eigenvalue weighted by Crippen LogP contribution is 2.23. The molecular formula is C13H23N3O. The number of aryl methyl sites for hydroxylation is 1. The minimum atomic E-state index is -0.126. The van der Waals surface area contributed by atoms with Crippen LogP contribution in [-0.4, -0.2) is 17.7 Å². The summed E-state index contributed by atoms with van der Waals surface area (Å²) in [7, 11) is 1.73. The first-order chi connectivity index (χ1) is 7.98. The average Bonchev–Trinajstić information content (AvgIpc) is 2.30. The van der Waals surface area contributed by atoms with Crippen LogP contribution in [0.4, 0.5) is 0 Å². The van der Waals surface area contributed by atoms with Gasteiger partial charge in [0.2, 0.25) is 0 Å². The Morgan fingerprint density at radius 1 is 1.47 bits per heavy atom. The molecule has 3 N–H and O–H groups in total. The van der Waals surface area contributed by atoms with Gasteiger partial charge >= 0.3 is 0 Å². The Morgan fingerprint density at radius 2 is 2.18 bits per heavy atom. The first-order valence-electron chi connectivity index (χ1n) is 5.93. The maximum absolute atomic E-state index is 5.59. The number of aromatic nitrogens is 1.